The van der Waals surface area contributed by atoms with E-state index in [0.717, 1.165) is 11.3 Å². The van der Waals surface area contributed by atoms with Crippen LogP contribution in [0, 0.1) is 0 Å². The Hall–Kier alpha value is -2.16. The van der Waals surface area contributed by atoms with Crippen LogP contribution in [0.4, 0.5) is 0 Å². The number of nitrogens with zero attached hydrogens (tertiary/aromatic N) is 1. The van der Waals surface area contributed by atoms with Crippen molar-refractivity contribution >= 4 is 17.7 Å². The van der Waals surface area contributed by atoms with E-state index in [9.17, 15) is 9.90 Å². The maximum Gasteiger partial charge on any atom is 0.290 e. The molecular formula is C20H25NO6S. The van der Waals surface area contributed by atoms with Crippen molar-refractivity contribution in [1.29, 1.82) is 0 Å². The number of benzene rings is 1. The van der Waals surface area contributed by atoms with Crippen molar-refractivity contribution in [3.8, 4) is 11.5 Å². The van der Waals surface area contributed by atoms with Gasteiger partial charge in [0.1, 0.15) is 11.9 Å². The Morgan fingerprint density at radius 3 is 2.71 bits per heavy atom. The third kappa shape index (κ3) is 4.14. The van der Waals surface area contributed by atoms with Gasteiger partial charge in [-0.2, -0.15) is 11.8 Å². The van der Waals surface area contributed by atoms with Crippen molar-refractivity contribution in [3.63, 3.8) is 0 Å². The molecule has 2 aromatic rings. The fourth-order valence-corrected chi connectivity index (χ4v) is 3.84. The van der Waals surface area contributed by atoms with Gasteiger partial charge in [-0.1, -0.05) is 6.07 Å². The van der Waals surface area contributed by atoms with Gasteiger partial charge in [0.05, 0.1) is 39.2 Å². The minimum Gasteiger partial charge on any atom is -0.493 e. The molecule has 0 saturated carbocycles. The van der Waals surface area contributed by atoms with E-state index in [4.69, 9.17) is 18.6 Å². The quantitative estimate of drug-likeness (QED) is 0.756. The van der Waals surface area contributed by atoms with Crippen LogP contribution in [0.3, 0.4) is 0 Å². The number of furan rings is 1. The summed E-state index contributed by atoms with van der Waals surface area (Å²) in [5, 5.41) is 9.85. The van der Waals surface area contributed by atoms with Gasteiger partial charge >= 0.3 is 0 Å². The lowest BCUT2D eigenvalue weighted by molar-refractivity contribution is -0.0817. The highest BCUT2D eigenvalue weighted by molar-refractivity contribution is 7.97. The molecule has 0 bridgehead atoms. The largest absolute Gasteiger partial charge is 0.493 e. The van der Waals surface area contributed by atoms with Crippen molar-refractivity contribution in [1.82, 2.24) is 4.90 Å². The molecule has 2 atom stereocenters. The van der Waals surface area contributed by atoms with Crippen molar-refractivity contribution in [2.45, 2.75) is 17.9 Å². The molecule has 8 heteroatoms. The summed E-state index contributed by atoms with van der Waals surface area (Å²) in [5.41, 5.74) is 0.792. The summed E-state index contributed by atoms with van der Waals surface area (Å²) in [5.74, 6) is 2.66. The molecule has 0 radical (unpaired) electrons. The van der Waals surface area contributed by atoms with E-state index in [-0.39, 0.29) is 18.3 Å². The van der Waals surface area contributed by atoms with Crippen LogP contribution >= 0.6 is 11.8 Å². The number of hydrogen-bond acceptors (Lipinski definition) is 7. The number of hydrogen-bond donors (Lipinski definition) is 1. The smallest absolute Gasteiger partial charge is 0.290 e. The number of amides is 1. The first kappa shape index (κ1) is 20.6. The number of rotatable bonds is 7. The van der Waals surface area contributed by atoms with Gasteiger partial charge in [0.2, 0.25) is 0 Å². The van der Waals surface area contributed by atoms with Gasteiger partial charge in [0, 0.05) is 6.54 Å². The van der Waals surface area contributed by atoms with Gasteiger partial charge in [0.15, 0.2) is 17.3 Å². The van der Waals surface area contributed by atoms with Gasteiger partial charge in [0.25, 0.3) is 5.91 Å². The molecule has 2 heterocycles. The molecule has 7 nitrogen and oxygen atoms in total. The van der Waals surface area contributed by atoms with E-state index in [2.05, 4.69) is 0 Å². The van der Waals surface area contributed by atoms with E-state index in [1.54, 1.807) is 43.0 Å². The second kappa shape index (κ2) is 9.36. The summed E-state index contributed by atoms with van der Waals surface area (Å²) in [6.07, 6.45) is 1.43. The van der Waals surface area contributed by atoms with E-state index in [0.29, 0.717) is 30.4 Å². The molecule has 0 spiro atoms. The predicted molar refractivity (Wildman–Crippen MR) is 106 cm³/mol. The Labute approximate surface area is 168 Å². The van der Waals surface area contributed by atoms with E-state index < -0.39 is 12.1 Å². The first-order chi connectivity index (χ1) is 13.6. The van der Waals surface area contributed by atoms with Crippen LogP contribution in [-0.2, 0) is 10.5 Å². The highest BCUT2D eigenvalue weighted by atomic mass is 32.2. The average molecular weight is 407 g/mol. The summed E-state index contributed by atoms with van der Waals surface area (Å²) in [6, 6.07) is 8.49. The lowest BCUT2D eigenvalue weighted by Gasteiger charge is -2.40. The molecule has 1 aliphatic heterocycles. The molecule has 152 valence electrons. The van der Waals surface area contributed by atoms with Crippen molar-refractivity contribution in [2.75, 3.05) is 40.2 Å². The zero-order chi connectivity index (χ0) is 20.1. The SMILES string of the molecule is COc1ccc([C@@H]2[C@@H](CO)OCCN2C(=O)c2ccc(CSC)o2)cc1OC. The number of morpholine rings is 1. The lowest BCUT2D eigenvalue weighted by Crippen LogP contribution is -2.49. The topological polar surface area (TPSA) is 81.4 Å². The summed E-state index contributed by atoms with van der Waals surface area (Å²) >= 11 is 1.63. The molecule has 0 aliphatic carbocycles. The average Bonchev–Trinajstić information content (AvgIpc) is 3.21. The van der Waals surface area contributed by atoms with Crippen LogP contribution in [0.15, 0.2) is 34.7 Å². The van der Waals surface area contributed by atoms with Gasteiger partial charge in [-0.05, 0) is 36.1 Å². The van der Waals surface area contributed by atoms with Crippen LogP contribution in [0.1, 0.15) is 27.9 Å². The molecule has 1 aromatic heterocycles. The predicted octanol–water partition coefficient (Wildman–Crippen LogP) is 2.73. The van der Waals surface area contributed by atoms with Crippen LogP contribution in [-0.4, -0.2) is 62.3 Å². The van der Waals surface area contributed by atoms with Crippen LogP contribution < -0.4 is 9.47 Å². The summed E-state index contributed by atoms with van der Waals surface area (Å²) in [4.78, 5) is 14.9. The molecule has 1 N–H and O–H groups in total. The maximum atomic E-state index is 13.2. The molecule has 1 amide bonds. The molecule has 1 aliphatic rings. The van der Waals surface area contributed by atoms with Gasteiger partial charge < -0.3 is 28.6 Å². The number of aliphatic hydroxyl groups excluding tert-OH is 1. The summed E-state index contributed by atoms with van der Waals surface area (Å²) in [6.45, 7) is 0.532. The minimum absolute atomic E-state index is 0.210. The fourth-order valence-electron chi connectivity index (χ4n) is 3.40. The number of thioether (sulfide) groups is 1. The third-order valence-electron chi connectivity index (χ3n) is 4.70. The first-order valence-electron chi connectivity index (χ1n) is 8.96. The summed E-state index contributed by atoms with van der Waals surface area (Å²) in [7, 11) is 3.12. The number of aliphatic hydroxyl groups is 1. The lowest BCUT2D eigenvalue weighted by atomic mass is 9.97. The minimum atomic E-state index is -0.545. The molecule has 1 saturated heterocycles. The molecule has 1 aromatic carbocycles. The highest BCUT2D eigenvalue weighted by Gasteiger charge is 2.37. The van der Waals surface area contributed by atoms with Gasteiger partial charge in [-0.25, -0.2) is 0 Å². The Kier molecular flexibility index (Phi) is 6.88. The van der Waals surface area contributed by atoms with Crippen LogP contribution in [0.5, 0.6) is 11.5 Å². The Balaban J connectivity index is 1.95. The zero-order valence-corrected chi connectivity index (χ0v) is 17.0. The molecule has 3 rings (SSSR count). The van der Waals surface area contributed by atoms with E-state index in [1.165, 1.54) is 0 Å². The highest BCUT2D eigenvalue weighted by Crippen LogP contribution is 2.36. The third-order valence-corrected chi connectivity index (χ3v) is 5.27. The van der Waals surface area contributed by atoms with Crippen molar-refractivity contribution in [3.05, 3.63) is 47.4 Å². The Bertz CT molecular complexity index is 808. The Morgan fingerprint density at radius 1 is 1.25 bits per heavy atom. The second-order valence-corrected chi connectivity index (χ2v) is 7.21. The number of carbonyl (C=O) groups is 1. The van der Waals surface area contributed by atoms with Crippen molar-refractivity contribution < 1.29 is 28.5 Å². The van der Waals surface area contributed by atoms with Crippen molar-refractivity contribution in [2.24, 2.45) is 0 Å². The standard InChI is InChI=1S/C20H25NO6S/c1-24-15-6-4-13(10-17(15)25-2)19-18(11-22)26-9-8-21(19)20(23)16-7-5-14(27-16)12-28-3/h4-7,10,18-19,22H,8-9,11-12H2,1-3H3/t18-,19-/m1/s1. The van der Waals surface area contributed by atoms with E-state index in [1.807, 2.05) is 24.5 Å². The van der Waals surface area contributed by atoms with E-state index >= 15 is 0 Å². The fraction of sp³-hybridized carbons (Fsp3) is 0.450. The van der Waals surface area contributed by atoms with Crippen LogP contribution in [0.2, 0.25) is 0 Å². The summed E-state index contributed by atoms with van der Waals surface area (Å²) < 4.78 is 22.1. The van der Waals surface area contributed by atoms with Crippen LogP contribution in [0.25, 0.3) is 0 Å². The maximum absolute atomic E-state index is 13.2. The number of carbonyl (C=O) groups excluding carboxylic acids is 1. The zero-order valence-electron chi connectivity index (χ0n) is 16.2. The number of methoxy groups -OCH3 is 2. The molecule has 1 fully saturated rings. The van der Waals surface area contributed by atoms with Gasteiger partial charge in [-0.3, -0.25) is 4.79 Å². The first-order valence-corrected chi connectivity index (χ1v) is 10.3. The monoisotopic (exact) mass is 407 g/mol. The van der Waals surface area contributed by atoms with Gasteiger partial charge in [-0.15, -0.1) is 0 Å². The Morgan fingerprint density at radius 2 is 2.04 bits per heavy atom. The number of ether oxygens (including phenoxy) is 3. The molecule has 28 heavy (non-hydrogen) atoms. The normalized spacial score (nSPS) is 19.5. The molecule has 0 unspecified atom stereocenters. The second-order valence-electron chi connectivity index (χ2n) is 6.35. The molecular weight excluding hydrogens is 382 g/mol.